The lowest BCUT2D eigenvalue weighted by Gasteiger charge is -2.18. The zero-order valence-electron chi connectivity index (χ0n) is 13.5. The third-order valence-corrected chi connectivity index (χ3v) is 4.27. The van der Waals surface area contributed by atoms with Crippen molar-refractivity contribution in [3.05, 3.63) is 101 Å². The van der Waals surface area contributed by atoms with E-state index in [9.17, 15) is 18.8 Å². The van der Waals surface area contributed by atoms with Gasteiger partial charge in [0.1, 0.15) is 5.82 Å². The molecule has 2 amide bonds. The van der Waals surface area contributed by atoms with Crippen molar-refractivity contribution in [2.75, 3.05) is 4.90 Å². The van der Waals surface area contributed by atoms with Crippen molar-refractivity contribution in [1.29, 1.82) is 0 Å². The highest BCUT2D eigenvalue weighted by Crippen LogP contribution is 2.32. The number of carbonyl (C=O) groups excluding carboxylic acids is 3. The highest BCUT2D eigenvalue weighted by atomic mass is 19.1. The zero-order chi connectivity index (χ0) is 18.3. The topological polar surface area (TPSA) is 54.5 Å². The van der Waals surface area contributed by atoms with Crippen LogP contribution in [0.15, 0.2) is 72.8 Å². The molecule has 0 unspecified atom stereocenters. The highest BCUT2D eigenvalue weighted by Gasteiger charge is 2.38. The largest absolute Gasteiger partial charge is 0.289 e. The molecule has 0 saturated heterocycles. The van der Waals surface area contributed by atoms with Gasteiger partial charge in [-0.1, -0.05) is 42.5 Å². The number of rotatable bonds is 3. The van der Waals surface area contributed by atoms with Crippen LogP contribution in [0.2, 0.25) is 0 Å². The Morgan fingerprint density at radius 2 is 1.35 bits per heavy atom. The number of nitrogens with zero attached hydrogens (tertiary/aromatic N) is 1. The van der Waals surface area contributed by atoms with Crippen LogP contribution in [-0.2, 0) is 0 Å². The summed E-state index contributed by atoms with van der Waals surface area (Å²) in [6, 6.07) is 18.2. The van der Waals surface area contributed by atoms with E-state index in [1.54, 1.807) is 54.6 Å². The molecule has 0 N–H and O–H groups in total. The van der Waals surface area contributed by atoms with Crippen LogP contribution < -0.4 is 4.90 Å². The molecule has 26 heavy (non-hydrogen) atoms. The maximum Gasteiger partial charge on any atom is 0.266 e. The first kappa shape index (κ1) is 15.9. The van der Waals surface area contributed by atoms with Gasteiger partial charge in [-0.05, 0) is 30.3 Å². The fourth-order valence-electron chi connectivity index (χ4n) is 3.04. The molecule has 4 rings (SSSR count). The van der Waals surface area contributed by atoms with E-state index in [4.69, 9.17) is 0 Å². The molecule has 3 aromatic carbocycles. The van der Waals surface area contributed by atoms with Crippen molar-refractivity contribution in [2.24, 2.45) is 0 Å². The van der Waals surface area contributed by atoms with Crippen LogP contribution in [0.5, 0.6) is 0 Å². The average Bonchev–Trinajstić information content (AvgIpc) is 2.93. The van der Waals surface area contributed by atoms with Crippen LogP contribution in [0.1, 0.15) is 36.6 Å². The van der Waals surface area contributed by atoms with Gasteiger partial charge in [0.25, 0.3) is 11.8 Å². The van der Waals surface area contributed by atoms with Gasteiger partial charge in [-0.25, -0.2) is 9.29 Å². The van der Waals surface area contributed by atoms with Gasteiger partial charge < -0.3 is 0 Å². The molecule has 3 aromatic rings. The Hall–Kier alpha value is -3.60. The van der Waals surface area contributed by atoms with Crippen molar-refractivity contribution in [2.45, 2.75) is 0 Å². The van der Waals surface area contributed by atoms with Crippen molar-refractivity contribution < 1.29 is 18.8 Å². The van der Waals surface area contributed by atoms with Crippen LogP contribution in [0, 0.1) is 5.82 Å². The summed E-state index contributed by atoms with van der Waals surface area (Å²) < 4.78 is 13.8. The first-order valence-electron chi connectivity index (χ1n) is 7.95. The molecule has 1 heterocycles. The summed E-state index contributed by atoms with van der Waals surface area (Å²) >= 11 is 0. The molecular formula is C21H12FNO3. The van der Waals surface area contributed by atoms with Crippen molar-refractivity contribution >= 4 is 23.3 Å². The van der Waals surface area contributed by atoms with E-state index in [1.165, 1.54) is 6.07 Å². The number of hydrogen-bond donors (Lipinski definition) is 0. The monoisotopic (exact) mass is 345 g/mol. The van der Waals surface area contributed by atoms with E-state index in [-0.39, 0.29) is 22.4 Å². The fourth-order valence-corrected chi connectivity index (χ4v) is 3.04. The second-order valence-corrected chi connectivity index (χ2v) is 5.85. The fraction of sp³-hybridized carbons (Fsp3) is 0. The lowest BCUT2D eigenvalue weighted by atomic mass is 10.0. The minimum absolute atomic E-state index is 0.0364. The van der Waals surface area contributed by atoms with Gasteiger partial charge in [0.15, 0.2) is 5.78 Å². The average molecular weight is 345 g/mol. The van der Waals surface area contributed by atoms with E-state index >= 15 is 0 Å². The Morgan fingerprint density at radius 3 is 1.96 bits per heavy atom. The standard InChI is InChI=1S/C21H12FNO3/c22-14-10-11-18(17(12-14)19(24)13-6-2-1-3-7-13)23-20(25)15-8-4-5-9-16(15)21(23)26/h1-12H. The summed E-state index contributed by atoms with van der Waals surface area (Å²) in [6.07, 6.45) is 0. The summed E-state index contributed by atoms with van der Waals surface area (Å²) in [5, 5.41) is 0. The van der Waals surface area contributed by atoms with E-state index in [1.807, 2.05) is 0 Å². The predicted octanol–water partition coefficient (Wildman–Crippen LogP) is 3.86. The molecule has 1 aliphatic rings. The SMILES string of the molecule is O=C(c1ccccc1)c1cc(F)ccc1N1C(=O)c2ccccc2C1=O. The summed E-state index contributed by atoms with van der Waals surface area (Å²) in [5.41, 5.74) is 0.910. The molecule has 4 nitrogen and oxygen atoms in total. The smallest absolute Gasteiger partial charge is 0.266 e. The Balaban J connectivity index is 1.86. The van der Waals surface area contributed by atoms with E-state index < -0.39 is 23.4 Å². The van der Waals surface area contributed by atoms with Crippen LogP contribution >= 0.6 is 0 Å². The molecular weight excluding hydrogens is 333 g/mol. The molecule has 0 bridgehead atoms. The minimum atomic E-state index is -0.621. The van der Waals surface area contributed by atoms with Crippen LogP contribution in [0.3, 0.4) is 0 Å². The maximum absolute atomic E-state index is 13.8. The second kappa shape index (κ2) is 6.04. The Kier molecular flexibility index (Phi) is 3.69. The lowest BCUT2D eigenvalue weighted by Crippen LogP contribution is -2.31. The number of benzene rings is 3. The van der Waals surface area contributed by atoms with Gasteiger partial charge in [-0.3, -0.25) is 14.4 Å². The quantitative estimate of drug-likeness (QED) is 0.535. The molecule has 1 aliphatic heterocycles. The summed E-state index contributed by atoms with van der Waals surface area (Å²) in [7, 11) is 0. The summed E-state index contributed by atoms with van der Waals surface area (Å²) in [5.74, 6) is -2.14. The van der Waals surface area contributed by atoms with E-state index in [0.29, 0.717) is 5.56 Å². The molecule has 0 spiro atoms. The van der Waals surface area contributed by atoms with E-state index in [2.05, 4.69) is 0 Å². The second-order valence-electron chi connectivity index (χ2n) is 5.85. The van der Waals surface area contributed by atoms with Crippen molar-refractivity contribution in [3.63, 3.8) is 0 Å². The number of anilines is 1. The molecule has 0 radical (unpaired) electrons. The van der Waals surface area contributed by atoms with Gasteiger partial charge in [-0.15, -0.1) is 0 Å². The van der Waals surface area contributed by atoms with Gasteiger partial charge in [-0.2, -0.15) is 0 Å². The number of halogens is 1. The normalized spacial score (nSPS) is 13.0. The molecule has 0 atom stereocenters. The lowest BCUT2D eigenvalue weighted by molar-refractivity contribution is 0.0926. The van der Waals surface area contributed by atoms with Crippen molar-refractivity contribution in [3.8, 4) is 0 Å². The summed E-state index contributed by atoms with van der Waals surface area (Å²) in [4.78, 5) is 39.2. The zero-order valence-corrected chi connectivity index (χ0v) is 13.5. The highest BCUT2D eigenvalue weighted by molar-refractivity contribution is 6.35. The van der Waals surface area contributed by atoms with Gasteiger partial charge in [0.2, 0.25) is 0 Å². The van der Waals surface area contributed by atoms with Gasteiger partial charge >= 0.3 is 0 Å². The molecule has 0 aliphatic carbocycles. The minimum Gasteiger partial charge on any atom is -0.289 e. The molecule has 126 valence electrons. The maximum atomic E-state index is 13.8. The third-order valence-electron chi connectivity index (χ3n) is 4.27. The molecule has 0 saturated carbocycles. The van der Waals surface area contributed by atoms with E-state index in [0.717, 1.165) is 17.0 Å². The number of imide groups is 1. The number of hydrogen-bond acceptors (Lipinski definition) is 3. The Bertz CT molecular complexity index is 1020. The Labute approximate surface area is 148 Å². The van der Waals surface area contributed by atoms with Crippen molar-refractivity contribution in [1.82, 2.24) is 0 Å². The van der Waals surface area contributed by atoms with Gasteiger partial charge in [0, 0.05) is 11.1 Å². The van der Waals surface area contributed by atoms with Crippen LogP contribution in [-0.4, -0.2) is 17.6 Å². The Morgan fingerprint density at radius 1 is 0.769 bits per heavy atom. The number of fused-ring (bicyclic) bond motifs is 1. The first-order chi connectivity index (χ1) is 12.6. The number of amides is 2. The predicted molar refractivity (Wildman–Crippen MR) is 93.9 cm³/mol. The first-order valence-corrected chi connectivity index (χ1v) is 7.95. The van der Waals surface area contributed by atoms with Gasteiger partial charge in [0.05, 0.1) is 16.8 Å². The van der Waals surface area contributed by atoms with Crippen LogP contribution in [0.25, 0.3) is 0 Å². The third kappa shape index (κ3) is 2.41. The van der Waals surface area contributed by atoms with Crippen LogP contribution in [0.4, 0.5) is 10.1 Å². The molecule has 0 aromatic heterocycles. The molecule has 5 heteroatoms. The number of ketones is 1. The molecule has 0 fully saturated rings. The number of carbonyl (C=O) groups is 3. The summed E-state index contributed by atoms with van der Waals surface area (Å²) in [6.45, 7) is 0.